The van der Waals surface area contributed by atoms with E-state index in [1.54, 1.807) is 12.1 Å². The van der Waals surface area contributed by atoms with Crippen LogP contribution >= 0.6 is 11.8 Å². The maximum absolute atomic E-state index is 13.4. The second kappa shape index (κ2) is 9.26. The number of thioether (sulfide) groups is 1. The summed E-state index contributed by atoms with van der Waals surface area (Å²) < 4.78 is 15.4. The Morgan fingerprint density at radius 1 is 1.21 bits per heavy atom. The maximum Gasteiger partial charge on any atom is 0.233 e. The minimum atomic E-state index is -0.285. The van der Waals surface area contributed by atoms with Crippen LogP contribution in [0.4, 0.5) is 4.39 Å². The van der Waals surface area contributed by atoms with E-state index in [0.717, 1.165) is 24.6 Å². The fourth-order valence-corrected chi connectivity index (χ4v) is 4.69. The third-order valence-corrected chi connectivity index (χ3v) is 6.46. The van der Waals surface area contributed by atoms with E-state index in [2.05, 4.69) is 45.1 Å². The molecule has 29 heavy (non-hydrogen) atoms. The van der Waals surface area contributed by atoms with Crippen LogP contribution in [0.2, 0.25) is 0 Å². The van der Waals surface area contributed by atoms with Gasteiger partial charge in [0.2, 0.25) is 5.91 Å². The molecular weight excluding hydrogens is 389 g/mol. The quantitative estimate of drug-likeness (QED) is 0.728. The van der Waals surface area contributed by atoms with Crippen molar-refractivity contribution in [1.29, 1.82) is 0 Å². The predicted octanol–water partition coefficient (Wildman–Crippen LogP) is 2.21. The van der Waals surface area contributed by atoms with Crippen molar-refractivity contribution in [2.45, 2.75) is 38.4 Å². The molecule has 0 aliphatic carbocycles. The predicted molar refractivity (Wildman–Crippen MR) is 113 cm³/mol. The maximum atomic E-state index is 13.4. The van der Waals surface area contributed by atoms with Crippen LogP contribution in [-0.2, 0) is 4.79 Å². The van der Waals surface area contributed by atoms with Crippen molar-refractivity contribution in [2.75, 3.05) is 32.9 Å². The van der Waals surface area contributed by atoms with Gasteiger partial charge >= 0.3 is 0 Å². The van der Waals surface area contributed by atoms with E-state index in [1.165, 1.54) is 35.2 Å². The molecule has 1 aliphatic heterocycles. The lowest BCUT2D eigenvalue weighted by atomic mass is 9.92. The monoisotopic (exact) mass is 420 g/mol. The van der Waals surface area contributed by atoms with Crippen LogP contribution in [0.25, 0.3) is 5.69 Å². The van der Waals surface area contributed by atoms with Gasteiger partial charge in [0.05, 0.1) is 19.8 Å². The number of hydrogen-bond acceptors (Lipinski definition) is 4. The number of halogens is 1. The zero-order valence-corrected chi connectivity index (χ0v) is 18.7. The Morgan fingerprint density at radius 3 is 2.41 bits per heavy atom. The molecule has 2 aromatic rings. The molecule has 0 radical (unpaired) electrons. The second-order valence-electron chi connectivity index (χ2n) is 8.49. The Bertz CT molecular complexity index is 828. The average Bonchev–Trinajstić information content (AvgIpc) is 3.09. The molecule has 1 aliphatic rings. The Kier molecular flexibility index (Phi) is 6.95. The van der Waals surface area contributed by atoms with Crippen LogP contribution in [0.3, 0.4) is 0 Å². The Balaban J connectivity index is 1.81. The average molecular weight is 421 g/mol. The van der Waals surface area contributed by atoms with Crippen LogP contribution in [0.5, 0.6) is 0 Å². The van der Waals surface area contributed by atoms with Gasteiger partial charge in [-0.1, -0.05) is 25.6 Å². The van der Waals surface area contributed by atoms with E-state index in [1.807, 2.05) is 9.47 Å². The molecule has 8 heteroatoms. The van der Waals surface area contributed by atoms with Gasteiger partial charge in [-0.05, 0) is 49.4 Å². The van der Waals surface area contributed by atoms with Gasteiger partial charge in [-0.2, -0.15) is 0 Å². The van der Waals surface area contributed by atoms with Crippen molar-refractivity contribution in [1.82, 2.24) is 19.7 Å². The molecule has 1 saturated heterocycles. The first-order valence-corrected chi connectivity index (χ1v) is 11.2. The van der Waals surface area contributed by atoms with E-state index in [-0.39, 0.29) is 17.8 Å². The fraction of sp³-hybridized carbons (Fsp3) is 0.571. The zero-order chi connectivity index (χ0) is 21.1. The minimum absolute atomic E-state index is 0.0985. The summed E-state index contributed by atoms with van der Waals surface area (Å²) in [6.07, 6.45) is 1.17. The van der Waals surface area contributed by atoms with Crippen LogP contribution in [0.1, 0.15) is 39.1 Å². The van der Waals surface area contributed by atoms with Crippen LogP contribution in [0, 0.1) is 17.7 Å². The van der Waals surface area contributed by atoms with E-state index in [0.29, 0.717) is 22.7 Å². The molecule has 0 unspecified atom stereocenters. The third kappa shape index (κ3) is 5.17. The van der Waals surface area contributed by atoms with Crippen molar-refractivity contribution in [3.05, 3.63) is 35.9 Å². The van der Waals surface area contributed by atoms with Gasteiger partial charge in [0, 0.05) is 18.8 Å². The first-order chi connectivity index (χ1) is 13.8. The number of nitrogens with zero attached hydrogens (tertiary/aromatic N) is 4. The summed E-state index contributed by atoms with van der Waals surface area (Å²) in [5.74, 6) is 2.04. The Hall–Kier alpha value is -1.93. The molecule has 3 atom stereocenters. The molecule has 2 heterocycles. The highest BCUT2D eigenvalue weighted by molar-refractivity contribution is 7.99. The summed E-state index contributed by atoms with van der Waals surface area (Å²) in [6, 6.07) is 6.41. The molecule has 1 aromatic carbocycles. The minimum Gasteiger partial charge on any atom is -0.341 e. The number of carbonyl (C=O) groups is 1. The van der Waals surface area contributed by atoms with Crippen LogP contribution in [0.15, 0.2) is 29.4 Å². The van der Waals surface area contributed by atoms with Crippen LogP contribution in [-0.4, -0.2) is 58.5 Å². The Morgan fingerprint density at radius 2 is 1.83 bits per heavy atom. The SMILES string of the molecule is C[C@@H]1C[C@H](C)CN(C(=O)CSc2nnc([C@@H](C)[NH+](C)C)n2-c2ccc(F)cc2)C1. The number of quaternary nitrogens is 1. The molecule has 1 fully saturated rings. The van der Waals surface area contributed by atoms with E-state index in [4.69, 9.17) is 0 Å². The van der Waals surface area contributed by atoms with Crippen molar-refractivity contribution < 1.29 is 14.1 Å². The topological polar surface area (TPSA) is 55.5 Å². The number of carbonyl (C=O) groups excluding carboxylic acids is 1. The number of rotatable bonds is 6. The zero-order valence-electron chi connectivity index (χ0n) is 17.9. The Labute approximate surface area is 176 Å². The van der Waals surface area contributed by atoms with Gasteiger partial charge in [-0.25, -0.2) is 4.39 Å². The number of benzene rings is 1. The summed E-state index contributed by atoms with van der Waals surface area (Å²) >= 11 is 1.40. The molecule has 3 rings (SSSR count). The fourth-order valence-electron chi connectivity index (χ4n) is 3.83. The lowest BCUT2D eigenvalue weighted by Crippen LogP contribution is -3.05. The molecule has 0 saturated carbocycles. The lowest BCUT2D eigenvalue weighted by molar-refractivity contribution is -0.890. The number of aromatic nitrogens is 3. The number of nitrogens with one attached hydrogen (secondary N) is 1. The van der Waals surface area contributed by atoms with Crippen molar-refractivity contribution in [2.24, 2.45) is 11.8 Å². The van der Waals surface area contributed by atoms with Gasteiger partial charge in [0.15, 0.2) is 11.0 Å². The van der Waals surface area contributed by atoms with Gasteiger partial charge in [0.25, 0.3) is 0 Å². The number of hydrogen-bond donors (Lipinski definition) is 1. The van der Waals surface area contributed by atoms with Gasteiger partial charge < -0.3 is 9.80 Å². The van der Waals surface area contributed by atoms with Gasteiger partial charge in [-0.15, -0.1) is 10.2 Å². The highest BCUT2D eigenvalue weighted by atomic mass is 32.2. The standard InChI is InChI=1S/C21H30FN5OS/c1-14-10-15(2)12-26(11-14)19(28)13-29-21-24-23-20(16(3)25(4)5)27(21)18-8-6-17(22)7-9-18/h6-9,14-16H,10-13H2,1-5H3/p+1/t14-,15+,16-/m1/s1. The third-order valence-electron chi connectivity index (χ3n) is 5.54. The largest absolute Gasteiger partial charge is 0.341 e. The molecule has 1 amide bonds. The van der Waals surface area contributed by atoms with Crippen molar-refractivity contribution >= 4 is 17.7 Å². The highest BCUT2D eigenvalue weighted by Crippen LogP contribution is 2.26. The summed E-state index contributed by atoms with van der Waals surface area (Å²) in [4.78, 5) is 16.0. The van der Waals surface area contributed by atoms with Gasteiger partial charge in [-0.3, -0.25) is 9.36 Å². The first-order valence-electron chi connectivity index (χ1n) is 10.2. The summed E-state index contributed by atoms with van der Waals surface area (Å²) in [7, 11) is 4.12. The first kappa shape index (κ1) is 21.8. The molecule has 1 aromatic heterocycles. The summed E-state index contributed by atoms with van der Waals surface area (Å²) in [5, 5.41) is 9.43. The molecular formula is C21H31FN5OS+. The summed E-state index contributed by atoms with van der Waals surface area (Å²) in [6.45, 7) is 8.12. The smallest absolute Gasteiger partial charge is 0.233 e. The number of amides is 1. The normalized spacial score (nSPS) is 20.9. The van der Waals surface area contributed by atoms with E-state index >= 15 is 0 Å². The number of likely N-dealkylation sites (tertiary alicyclic amines) is 1. The van der Waals surface area contributed by atoms with Gasteiger partial charge in [0.1, 0.15) is 11.9 Å². The lowest BCUT2D eigenvalue weighted by Gasteiger charge is -2.35. The van der Waals surface area contributed by atoms with E-state index in [9.17, 15) is 9.18 Å². The highest BCUT2D eigenvalue weighted by Gasteiger charge is 2.27. The van der Waals surface area contributed by atoms with Crippen molar-refractivity contribution in [3.63, 3.8) is 0 Å². The number of piperidine rings is 1. The van der Waals surface area contributed by atoms with Crippen LogP contribution < -0.4 is 4.90 Å². The second-order valence-corrected chi connectivity index (χ2v) is 9.43. The molecule has 6 nitrogen and oxygen atoms in total. The molecule has 0 bridgehead atoms. The van der Waals surface area contributed by atoms with E-state index < -0.39 is 0 Å². The molecule has 0 spiro atoms. The van der Waals surface area contributed by atoms with Crippen molar-refractivity contribution in [3.8, 4) is 5.69 Å². The molecule has 158 valence electrons. The summed E-state index contributed by atoms with van der Waals surface area (Å²) in [5.41, 5.74) is 0.801. The molecule has 1 N–H and O–H groups in total.